The lowest BCUT2D eigenvalue weighted by atomic mass is 9.90. The van der Waals surface area contributed by atoms with Crippen molar-refractivity contribution in [1.29, 1.82) is 0 Å². The number of rotatable bonds is 4. The molecule has 0 bridgehead atoms. The number of amides is 1. The van der Waals surface area contributed by atoms with Crippen LogP contribution in [-0.4, -0.2) is 51.4 Å². The molecule has 3 heterocycles. The van der Waals surface area contributed by atoms with Crippen molar-refractivity contribution < 1.29 is 19.1 Å². The average Bonchev–Trinajstić information content (AvgIpc) is 3.31. The fraction of sp³-hybridized carbons (Fsp3) is 0.450. The zero-order chi connectivity index (χ0) is 20.1. The molecule has 2 aliphatic rings. The molecule has 0 spiro atoms. The number of aliphatic carboxylic acids is 1. The van der Waals surface area contributed by atoms with E-state index in [0.717, 1.165) is 27.1 Å². The van der Waals surface area contributed by atoms with Crippen LogP contribution < -0.4 is 0 Å². The van der Waals surface area contributed by atoms with Crippen LogP contribution in [0.15, 0.2) is 27.1 Å². The van der Waals surface area contributed by atoms with Crippen molar-refractivity contribution in [1.82, 2.24) is 14.8 Å². The highest BCUT2D eigenvalue weighted by Crippen LogP contribution is 2.33. The molecule has 4 rings (SSSR count). The Labute approximate surface area is 171 Å². The number of fused-ring (bicyclic) bond motifs is 1. The molecule has 8 heteroatoms. The number of carboxylic acid groups (broad SMARTS) is 1. The van der Waals surface area contributed by atoms with E-state index < -0.39 is 11.4 Å². The first-order valence-electron chi connectivity index (χ1n) is 9.24. The number of carbonyl (C=O) groups excluding carboxylic acids is 1. The highest BCUT2D eigenvalue weighted by Gasteiger charge is 2.41. The monoisotopic (exact) mass is 447 g/mol. The Morgan fingerprint density at radius 1 is 1.36 bits per heavy atom. The van der Waals surface area contributed by atoms with Crippen molar-refractivity contribution in [3.63, 3.8) is 0 Å². The van der Waals surface area contributed by atoms with E-state index in [1.807, 2.05) is 30.0 Å². The second-order valence-corrected chi connectivity index (χ2v) is 8.73. The second kappa shape index (κ2) is 7.00. The van der Waals surface area contributed by atoms with Gasteiger partial charge in [-0.25, -0.2) is 4.98 Å². The molecule has 28 heavy (non-hydrogen) atoms. The molecule has 1 amide bonds. The predicted octanol–water partition coefficient (Wildman–Crippen LogP) is 3.05. The van der Waals surface area contributed by atoms with Gasteiger partial charge in [0.15, 0.2) is 0 Å². The molecule has 1 unspecified atom stereocenters. The van der Waals surface area contributed by atoms with Crippen molar-refractivity contribution in [2.45, 2.75) is 33.4 Å². The summed E-state index contributed by atoms with van der Waals surface area (Å²) in [5, 5.41) is 9.34. The third-order valence-electron chi connectivity index (χ3n) is 5.73. The first kappa shape index (κ1) is 19.1. The van der Waals surface area contributed by atoms with E-state index in [4.69, 9.17) is 4.42 Å². The SMILES string of the molecule is Cc1c(Br)cccc1-c1nc2c(o1)CN(C(=O)CN1CCC(C)(C(=O)O)C1)C2. The summed E-state index contributed by atoms with van der Waals surface area (Å²) in [4.78, 5) is 32.3. The van der Waals surface area contributed by atoms with Gasteiger partial charge in [0.05, 0.1) is 25.0 Å². The summed E-state index contributed by atoms with van der Waals surface area (Å²) in [6.45, 7) is 5.81. The quantitative estimate of drug-likeness (QED) is 0.774. The zero-order valence-corrected chi connectivity index (χ0v) is 17.5. The lowest BCUT2D eigenvalue weighted by molar-refractivity contribution is -0.147. The Balaban J connectivity index is 1.41. The first-order valence-corrected chi connectivity index (χ1v) is 10.0. The van der Waals surface area contributed by atoms with Gasteiger partial charge in [-0.1, -0.05) is 22.0 Å². The molecule has 1 fully saturated rings. The normalized spacial score (nSPS) is 21.9. The number of hydrogen-bond donors (Lipinski definition) is 1. The number of aromatic nitrogens is 1. The van der Waals surface area contributed by atoms with E-state index in [1.165, 1.54) is 0 Å². The fourth-order valence-corrected chi connectivity index (χ4v) is 4.19. The third kappa shape index (κ3) is 3.35. The number of nitrogens with zero attached hydrogens (tertiary/aromatic N) is 3. The van der Waals surface area contributed by atoms with E-state index >= 15 is 0 Å². The summed E-state index contributed by atoms with van der Waals surface area (Å²) in [7, 11) is 0. The van der Waals surface area contributed by atoms with E-state index in [1.54, 1.807) is 11.8 Å². The number of hydrogen-bond acceptors (Lipinski definition) is 5. The minimum atomic E-state index is -0.803. The van der Waals surface area contributed by atoms with Gasteiger partial charge in [-0.05, 0) is 44.5 Å². The second-order valence-electron chi connectivity index (χ2n) is 7.88. The molecule has 1 aromatic heterocycles. The maximum Gasteiger partial charge on any atom is 0.310 e. The van der Waals surface area contributed by atoms with Gasteiger partial charge >= 0.3 is 5.97 Å². The molecule has 0 radical (unpaired) electrons. The lowest BCUT2D eigenvalue weighted by Gasteiger charge is -2.22. The Bertz CT molecular complexity index is 933. The fourth-order valence-electron chi connectivity index (χ4n) is 3.83. The van der Waals surface area contributed by atoms with E-state index in [9.17, 15) is 14.7 Å². The third-order valence-corrected chi connectivity index (χ3v) is 6.59. The molecule has 2 aliphatic heterocycles. The van der Waals surface area contributed by atoms with Crippen LogP contribution in [0, 0.1) is 12.3 Å². The van der Waals surface area contributed by atoms with Gasteiger partial charge in [0, 0.05) is 16.6 Å². The average molecular weight is 448 g/mol. The summed E-state index contributed by atoms with van der Waals surface area (Å²) < 4.78 is 6.94. The predicted molar refractivity (Wildman–Crippen MR) is 105 cm³/mol. The summed E-state index contributed by atoms with van der Waals surface area (Å²) in [5.74, 6) is 0.470. The molecule has 2 aromatic rings. The smallest absolute Gasteiger partial charge is 0.310 e. The molecule has 148 valence electrons. The van der Waals surface area contributed by atoms with Gasteiger partial charge in [-0.2, -0.15) is 0 Å². The first-order chi connectivity index (χ1) is 13.3. The standard InChI is InChI=1S/C20H22BrN3O4/c1-12-13(4-3-5-14(12)21)18-22-15-8-24(9-16(15)28-18)17(25)10-23-7-6-20(2,11-23)19(26)27/h3-5H,6-11H2,1-2H3,(H,26,27). The van der Waals surface area contributed by atoms with Crippen molar-refractivity contribution in [2.75, 3.05) is 19.6 Å². The van der Waals surface area contributed by atoms with Gasteiger partial charge in [0.1, 0.15) is 11.5 Å². The minimum Gasteiger partial charge on any atom is -0.481 e. The van der Waals surface area contributed by atoms with Crippen LogP contribution in [0.25, 0.3) is 11.5 Å². The lowest BCUT2D eigenvalue weighted by Crippen LogP contribution is -2.39. The van der Waals surface area contributed by atoms with Gasteiger partial charge in [-0.15, -0.1) is 0 Å². The number of oxazole rings is 1. The number of carboxylic acids is 1. The van der Waals surface area contributed by atoms with Gasteiger partial charge in [0.25, 0.3) is 0 Å². The Morgan fingerprint density at radius 2 is 2.14 bits per heavy atom. The molecule has 7 nitrogen and oxygen atoms in total. The highest BCUT2D eigenvalue weighted by atomic mass is 79.9. The highest BCUT2D eigenvalue weighted by molar-refractivity contribution is 9.10. The molecular formula is C20H22BrN3O4. The molecule has 0 aliphatic carbocycles. The number of halogens is 1. The molecule has 1 atom stereocenters. The van der Waals surface area contributed by atoms with Crippen LogP contribution in [0.5, 0.6) is 0 Å². The van der Waals surface area contributed by atoms with Crippen LogP contribution in [0.2, 0.25) is 0 Å². The summed E-state index contributed by atoms with van der Waals surface area (Å²) in [6.07, 6.45) is 0.563. The maximum atomic E-state index is 12.7. The van der Waals surface area contributed by atoms with Gasteiger partial charge < -0.3 is 14.4 Å². The number of likely N-dealkylation sites (tertiary alicyclic amines) is 1. The zero-order valence-electron chi connectivity index (χ0n) is 15.9. The molecular weight excluding hydrogens is 426 g/mol. The summed E-state index contributed by atoms with van der Waals surface area (Å²) in [5.41, 5.74) is 2.02. The number of carbonyl (C=O) groups is 2. The number of benzene rings is 1. The summed E-state index contributed by atoms with van der Waals surface area (Å²) in [6, 6.07) is 5.89. The van der Waals surface area contributed by atoms with E-state index in [2.05, 4.69) is 20.9 Å². The van der Waals surface area contributed by atoms with Crippen molar-refractivity contribution in [3.05, 3.63) is 39.7 Å². The van der Waals surface area contributed by atoms with Crippen LogP contribution in [0.1, 0.15) is 30.4 Å². The largest absolute Gasteiger partial charge is 0.481 e. The van der Waals surface area contributed by atoms with Crippen molar-refractivity contribution in [3.8, 4) is 11.5 Å². The van der Waals surface area contributed by atoms with Crippen molar-refractivity contribution >= 4 is 27.8 Å². The molecule has 1 saturated heterocycles. The van der Waals surface area contributed by atoms with E-state index in [0.29, 0.717) is 38.5 Å². The molecule has 1 N–H and O–H groups in total. The van der Waals surface area contributed by atoms with Crippen LogP contribution in [0.4, 0.5) is 0 Å². The summed E-state index contributed by atoms with van der Waals surface area (Å²) >= 11 is 3.52. The van der Waals surface area contributed by atoms with E-state index in [-0.39, 0.29) is 12.5 Å². The molecule has 1 aromatic carbocycles. The van der Waals surface area contributed by atoms with Gasteiger partial charge in [-0.3, -0.25) is 14.5 Å². The molecule has 0 saturated carbocycles. The van der Waals surface area contributed by atoms with Gasteiger partial charge in [0.2, 0.25) is 11.8 Å². The van der Waals surface area contributed by atoms with Crippen LogP contribution in [-0.2, 0) is 22.7 Å². The Kier molecular flexibility index (Phi) is 4.79. The van der Waals surface area contributed by atoms with Crippen LogP contribution in [0.3, 0.4) is 0 Å². The van der Waals surface area contributed by atoms with Crippen LogP contribution >= 0.6 is 15.9 Å². The minimum absolute atomic E-state index is 0.0250. The van der Waals surface area contributed by atoms with Crippen molar-refractivity contribution in [2.24, 2.45) is 5.41 Å². The Morgan fingerprint density at radius 3 is 2.82 bits per heavy atom. The maximum absolute atomic E-state index is 12.7. The topological polar surface area (TPSA) is 86.9 Å². The Hall–Kier alpha value is -2.19.